The van der Waals surface area contributed by atoms with Crippen molar-refractivity contribution in [2.24, 2.45) is 0 Å². The van der Waals surface area contributed by atoms with Gasteiger partial charge in [0, 0.05) is 0 Å². The number of esters is 1. The Morgan fingerprint density at radius 1 is 1.21 bits per heavy atom. The average molecular weight is 229 g/mol. The second kappa shape index (κ2) is 2.93. The van der Waals surface area contributed by atoms with Crippen molar-refractivity contribution in [3.63, 3.8) is 0 Å². The molecule has 2 aliphatic rings. The van der Waals surface area contributed by atoms with Crippen molar-refractivity contribution in [2.75, 3.05) is 6.61 Å². The van der Waals surface area contributed by atoms with Crippen LogP contribution in [0.1, 0.15) is 0 Å². The molecule has 2 heterocycles. The zero-order valence-corrected chi connectivity index (χ0v) is 11.5. The van der Waals surface area contributed by atoms with E-state index in [4.69, 9.17) is 4.74 Å². The van der Waals surface area contributed by atoms with Gasteiger partial charge < -0.3 is 8.97 Å². The summed E-state index contributed by atoms with van der Waals surface area (Å²) in [6.07, 6.45) is 0. The van der Waals surface area contributed by atoms with Gasteiger partial charge >= 0.3 is 5.97 Å². The van der Waals surface area contributed by atoms with Crippen molar-refractivity contribution < 1.29 is 9.53 Å². The second-order valence-electron chi connectivity index (χ2n) is 5.64. The van der Waals surface area contributed by atoms with Gasteiger partial charge in [-0.15, -0.1) is 0 Å². The van der Waals surface area contributed by atoms with Crippen LogP contribution in [0.3, 0.4) is 0 Å². The van der Waals surface area contributed by atoms with Gasteiger partial charge in [-0.1, -0.05) is 26.2 Å². The topological polar surface area (TPSA) is 29.5 Å². The van der Waals surface area contributed by atoms with Crippen molar-refractivity contribution in [1.29, 1.82) is 0 Å². The van der Waals surface area contributed by atoms with Crippen molar-refractivity contribution in [3.8, 4) is 0 Å². The molecule has 2 aliphatic heterocycles. The van der Waals surface area contributed by atoms with Crippen LogP contribution in [0, 0.1) is 0 Å². The Hall–Kier alpha value is -0.136. The summed E-state index contributed by atoms with van der Waals surface area (Å²) in [4.78, 5) is 11.4. The largest absolute Gasteiger partial charge is 0.462 e. The summed E-state index contributed by atoms with van der Waals surface area (Å²) < 4.78 is 7.52. The van der Waals surface area contributed by atoms with Crippen LogP contribution in [-0.4, -0.2) is 39.3 Å². The van der Waals surface area contributed by atoms with E-state index >= 15 is 0 Å². The molecule has 1 atom stereocenters. The first-order chi connectivity index (χ1) is 6.34. The minimum Gasteiger partial charge on any atom is -0.462 e. The SMILES string of the molecule is C[Si]1(C)CC[Si](C)(C)N1C1COC1=O. The van der Waals surface area contributed by atoms with E-state index in [0.29, 0.717) is 6.61 Å². The number of hydrogen-bond acceptors (Lipinski definition) is 3. The van der Waals surface area contributed by atoms with E-state index in [1.807, 2.05) is 0 Å². The van der Waals surface area contributed by atoms with Crippen LogP contribution in [0.2, 0.25) is 38.3 Å². The summed E-state index contributed by atoms with van der Waals surface area (Å²) in [6, 6.07) is 2.84. The smallest absolute Gasteiger partial charge is 0.325 e. The molecule has 2 saturated heterocycles. The van der Waals surface area contributed by atoms with E-state index in [0.717, 1.165) is 0 Å². The predicted molar refractivity (Wildman–Crippen MR) is 61.2 cm³/mol. The number of ether oxygens (including phenoxy) is 1. The molecule has 80 valence electrons. The quantitative estimate of drug-likeness (QED) is 0.506. The lowest BCUT2D eigenvalue weighted by Crippen LogP contribution is -2.67. The van der Waals surface area contributed by atoms with Gasteiger partial charge in [-0.25, -0.2) is 0 Å². The number of carbonyl (C=O) groups excluding carboxylic acids is 1. The van der Waals surface area contributed by atoms with Gasteiger partial charge in [0.05, 0.1) is 0 Å². The second-order valence-corrected chi connectivity index (χ2v) is 15.3. The third kappa shape index (κ3) is 1.38. The van der Waals surface area contributed by atoms with Gasteiger partial charge in [-0.3, -0.25) is 4.79 Å². The lowest BCUT2D eigenvalue weighted by molar-refractivity contribution is -0.165. The Bertz CT molecular complexity index is 262. The highest BCUT2D eigenvalue weighted by Crippen LogP contribution is 2.40. The fourth-order valence-corrected chi connectivity index (χ4v) is 17.6. The summed E-state index contributed by atoms with van der Waals surface area (Å²) in [6.45, 7) is 10.2. The molecule has 0 spiro atoms. The summed E-state index contributed by atoms with van der Waals surface area (Å²) in [5.41, 5.74) is 0. The summed E-state index contributed by atoms with van der Waals surface area (Å²) >= 11 is 0. The monoisotopic (exact) mass is 229 g/mol. The van der Waals surface area contributed by atoms with Gasteiger partial charge in [0.2, 0.25) is 0 Å². The number of rotatable bonds is 1. The summed E-state index contributed by atoms with van der Waals surface area (Å²) in [5.74, 6) is 0.0213. The van der Waals surface area contributed by atoms with E-state index in [9.17, 15) is 4.79 Å². The predicted octanol–water partition coefficient (Wildman–Crippen LogP) is 1.64. The van der Waals surface area contributed by atoms with Crippen LogP contribution >= 0.6 is 0 Å². The Morgan fingerprint density at radius 2 is 1.71 bits per heavy atom. The summed E-state index contributed by atoms with van der Waals surface area (Å²) in [7, 11) is -2.57. The average Bonchev–Trinajstić information content (AvgIpc) is 2.26. The highest BCUT2D eigenvalue weighted by molar-refractivity contribution is 6.95. The zero-order valence-electron chi connectivity index (χ0n) is 9.46. The third-order valence-corrected chi connectivity index (χ3v) is 13.9. The van der Waals surface area contributed by atoms with Crippen LogP contribution in [0.4, 0.5) is 0 Å². The van der Waals surface area contributed by atoms with Crippen LogP contribution < -0.4 is 0 Å². The number of carbonyl (C=O) groups is 1. The molecular formula is C9H19NO2Si2. The first-order valence-electron chi connectivity index (χ1n) is 5.31. The van der Waals surface area contributed by atoms with E-state index in [-0.39, 0.29) is 12.0 Å². The summed E-state index contributed by atoms with van der Waals surface area (Å²) in [5, 5.41) is 0. The minimum atomic E-state index is -1.29. The Balaban J connectivity index is 2.25. The van der Waals surface area contributed by atoms with E-state index in [2.05, 4.69) is 30.4 Å². The molecule has 5 heteroatoms. The van der Waals surface area contributed by atoms with Crippen LogP contribution in [-0.2, 0) is 9.53 Å². The van der Waals surface area contributed by atoms with Crippen molar-refractivity contribution in [1.82, 2.24) is 4.23 Å². The molecule has 0 aliphatic carbocycles. The van der Waals surface area contributed by atoms with Gasteiger partial charge in [-0.05, 0) is 12.1 Å². The maximum atomic E-state index is 11.4. The van der Waals surface area contributed by atoms with E-state index in [1.165, 1.54) is 12.1 Å². The molecule has 2 rings (SSSR count). The Kier molecular flexibility index (Phi) is 2.17. The standard InChI is InChI=1S/C9H19NO2Si2/c1-13(2)5-6-14(3,4)10(13)8-7-12-9(8)11/h8H,5-7H2,1-4H3. The molecule has 0 aromatic carbocycles. The van der Waals surface area contributed by atoms with Gasteiger partial charge in [0.25, 0.3) is 0 Å². The number of cyclic esters (lactones) is 1. The highest BCUT2D eigenvalue weighted by atomic mass is 28.4. The van der Waals surface area contributed by atoms with Crippen LogP contribution in [0.15, 0.2) is 0 Å². The molecule has 14 heavy (non-hydrogen) atoms. The molecule has 0 amide bonds. The Labute approximate surface area is 87.6 Å². The lowest BCUT2D eigenvalue weighted by atomic mass is 10.3. The molecule has 0 bridgehead atoms. The third-order valence-electron chi connectivity index (χ3n) is 3.62. The highest BCUT2D eigenvalue weighted by Gasteiger charge is 2.54. The van der Waals surface area contributed by atoms with E-state index in [1.54, 1.807) is 0 Å². The Morgan fingerprint density at radius 3 is 2.00 bits per heavy atom. The van der Waals surface area contributed by atoms with Crippen molar-refractivity contribution in [2.45, 2.75) is 44.3 Å². The van der Waals surface area contributed by atoms with Gasteiger partial charge in [0.15, 0.2) is 0 Å². The van der Waals surface area contributed by atoms with E-state index < -0.39 is 16.5 Å². The number of hydrogen-bond donors (Lipinski definition) is 0. The van der Waals surface area contributed by atoms with Crippen molar-refractivity contribution >= 4 is 22.4 Å². The first-order valence-corrected chi connectivity index (χ1v) is 11.6. The van der Waals surface area contributed by atoms with Gasteiger partial charge in [0.1, 0.15) is 29.1 Å². The molecule has 0 saturated carbocycles. The van der Waals surface area contributed by atoms with Crippen LogP contribution in [0.5, 0.6) is 0 Å². The minimum absolute atomic E-state index is 0.0213. The molecule has 2 fully saturated rings. The first kappa shape index (κ1) is 10.4. The molecule has 0 N–H and O–H groups in total. The molecule has 3 nitrogen and oxygen atoms in total. The van der Waals surface area contributed by atoms with Crippen LogP contribution in [0.25, 0.3) is 0 Å². The molecule has 1 unspecified atom stereocenters. The fourth-order valence-electron chi connectivity index (χ4n) is 2.92. The molecule has 0 radical (unpaired) electrons. The maximum absolute atomic E-state index is 11.4. The molecule has 0 aromatic heterocycles. The van der Waals surface area contributed by atoms with Crippen molar-refractivity contribution in [3.05, 3.63) is 0 Å². The fraction of sp³-hybridized carbons (Fsp3) is 0.889. The maximum Gasteiger partial charge on any atom is 0.325 e. The zero-order chi connectivity index (χ0) is 10.6. The lowest BCUT2D eigenvalue weighted by Gasteiger charge is -2.46. The number of nitrogens with zero attached hydrogens (tertiary/aromatic N) is 1. The molecular weight excluding hydrogens is 210 g/mol. The normalized spacial score (nSPS) is 35.1. The molecule has 0 aromatic rings. The van der Waals surface area contributed by atoms with Gasteiger partial charge in [-0.2, -0.15) is 0 Å².